The molecule has 0 fully saturated rings. The lowest BCUT2D eigenvalue weighted by atomic mass is 9.87. The van der Waals surface area contributed by atoms with Crippen LogP contribution in [0.4, 0.5) is 10.1 Å². The zero-order chi connectivity index (χ0) is 24.9. The Kier molecular flexibility index (Phi) is 7.88. The summed E-state index contributed by atoms with van der Waals surface area (Å²) in [5, 5.41) is 7.37. The molecule has 0 radical (unpaired) electrons. The van der Waals surface area contributed by atoms with Crippen molar-refractivity contribution in [3.63, 3.8) is 0 Å². The van der Waals surface area contributed by atoms with Crippen molar-refractivity contribution in [1.82, 2.24) is 10.2 Å². The Bertz CT molecular complexity index is 1190. The predicted molar refractivity (Wildman–Crippen MR) is 143 cm³/mol. The minimum Gasteiger partial charge on any atom is -0.493 e. The Hall–Kier alpha value is -3.16. The van der Waals surface area contributed by atoms with Gasteiger partial charge in [-0.1, -0.05) is 24.3 Å². The molecule has 0 saturated heterocycles. The first-order chi connectivity index (χ1) is 16.9. The molecule has 4 rings (SSSR count). The molecule has 7 heteroatoms. The van der Waals surface area contributed by atoms with Gasteiger partial charge in [0.2, 0.25) is 0 Å². The highest BCUT2D eigenvalue weighted by Crippen LogP contribution is 2.40. The van der Waals surface area contributed by atoms with Crippen LogP contribution in [0, 0.1) is 12.7 Å². The summed E-state index contributed by atoms with van der Waals surface area (Å²) in [6, 6.07) is 19.0. The van der Waals surface area contributed by atoms with Gasteiger partial charge in [0.1, 0.15) is 5.82 Å². The van der Waals surface area contributed by atoms with Crippen molar-refractivity contribution in [2.45, 2.75) is 38.9 Å². The van der Waals surface area contributed by atoms with Crippen molar-refractivity contribution < 1.29 is 13.9 Å². The van der Waals surface area contributed by atoms with Crippen LogP contribution in [-0.2, 0) is 13.0 Å². The summed E-state index contributed by atoms with van der Waals surface area (Å²) in [7, 11) is 3.31. The molecule has 0 saturated carbocycles. The van der Waals surface area contributed by atoms with Crippen molar-refractivity contribution in [3.05, 3.63) is 88.7 Å². The Labute approximate surface area is 212 Å². The molecule has 35 heavy (non-hydrogen) atoms. The fourth-order valence-corrected chi connectivity index (χ4v) is 5.10. The largest absolute Gasteiger partial charge is 0.493 e. The molecule has 0 aromatic heterocycles. The highest BCUT2D eigenvalue weighted by Gasteiger charge is 2.33. The third-order valence-corrected chi connectivity index (χ3v) is 6.65. The van der Waals surface area contributed by atoms with Gasteiger partial charge in [0.25, 0.3) is 0 Å². The Balaban J connectivity index is 1.62. The number of nitrogens with one attached hydrogen (secondary N) is 2. The zero-order valence-electron chi connectivity index (χ0n) is 20.6. The molecule has 0 bridgehead atoms. The van der Waals surface area contributed by atoms with Gasteiger partial charge in [-0.2, -0.15) is 0 Å². The highest BCUT2D eigenvalue weighted by atomic mass is 32.1. The lowest BCUT2D eigenvalue weighted by Crippen LogP contribution is -2.48. The number of anilines is 1. The SMILES string of the molecule is COc1cc2c(cc1OC)[C@@H]([C@H](C)NC(=S)Nc1cccc(C)c1)N(Cc1ccc(F)cc1)CC2. The van der Waals surface area contributed by atoms with Crippen LogP contribution in [0.15, 0.2) is 60.7 Å². The number of fused-ring (bicyclic) bond motifs is 1. The molecule has 184 valence electrons. The lowest BCUT2D eigenvalue weighted by molar-refractivity contribution is 0.149. The zero-order valence-corrected chi connectivity index (χ0v) is 21.4. The number of benzene rings is 3. The average molecular weight is 494 g/mol. The molecule has 0 amide bonds. The number of hydrogen-bond acceptors (Lipinski definition) is 4. The normalized spacial score (nSPS) is 16.2. The molecule has 5 nitrogen and oxygen atoms in total. The van der Waals surface area contributed by atoms with Gasteiger partial charge in [-0.25, -0.2) is 4.39 Å². The van der Waals surface area contributed by atoms with Gasteiger partial charge < -0.3 is 20.1 Å². The monoisotopic (exact) mass is 493 g/mol. The van der Waals surface area contributed by atoms with E-state index in [2.05, 4.69) is 53.6 Å². The first-order valence-electron chi connectivity index (χ1n) is 11.8. The number of aryl methyl sites for hydroxylation is 1. The van der Waals surface area contributed by atoms with Crippen LogP contribution < -0.4 is 20.1 Å². The number of rotatable bonds is 7. The van der Waals surface area contributed by atoms with Crippen molar-refractivity contribution in [2.24, 2.45) is 0 Å². The second-order valence-corrected chi connectivity index (χ2v) is 9.36. The summed E-state index contributed by atoms with van der Waals surface area (Å²) in [5.74, 6) is 1.20. The van der Waals surface area contributed by atoms with Gasteiger partial charge in [-0.15, -0.1) is 0 Å². The summed E-state index contributed by atoms with van der Waals surface area (Å²) in [6.07, 6.45) is 0.881. The molecule has 3 aromatic rings. The standard InChI is InChI=1S/C28H32FN3O2S/c1-18-6-5-7-23(14-18)31-28(35)30-19(2)27-24-16-26(34-4)25(33-3)15-21(24)12-13-32(27)17-20-8-10-22(29)11-9-20/h5-11,14-16,19,27H,12-13,17H2,1-4H3,(H2,30,31,35)/t19-,27+/m0/s1. The molecular formula is C28H32FN3O2S. The second kappa shape index (κ2) is 11.1. The van der Waals surface area contributed by atoms with E-state index < -0.39 is 0 Å². The quantitative estimate of drug-likeness (QED) is 0.416. The molecule has 2 N–H and O–H groups in total. The predicted octanol–water partition coefficient (Wildman–Crippen LogP) is 5.63. The van der Waals surface area contributed by atoms with E-state index in [0.29, 0.717) is 17.4 Å². The number of thiocarbonyl (C=S) groups is 1. The maximum Gasteiger partial charge on any atom is 0.171 e. The van der Waals surface area contributed by atoms with Gasteiger partial charge in [-0.3, -0.25) is 4.90 Å². The first kappa shape index (κ1) is 24.9. The van der Waals surface area contributed by atoms with Gasteiger partial charge in [0, 0.05) is 24.8 Å². The Morgan fingerprint density at radius 1 is 1.09 bits per heavy atom. The van der Waals surface area contributed by atoms with Crippen LogP contribution in [0.1, 0.15) is 35.2 Å². The van der Waals surface area contributed by atoms with Gasteiger partial charge in [-0.05, 0) is 91.1 Å². The van der Waals surface area contributed by atoms with Gasteiger partial charge in [0.15, 0.2) is 16.6 Å². The third-order valence-electron chi connectivity index (χ3n) is 6.43. The number of ether oxygens (including phenoxy) is 2. The smallest absolute Gasteiger partial charge is 0.171 e. The summed E-state index contributed by atoms with van der Waals surface area (Å²) in [6.45, 7) is 5.74. The highest BCUT2D eigenvalue weighted by molar-refractivity contribution is 7.80. The molecule has 0 spiro atoms. The maximum atomic E-state index is 13.5. The summed E-state index contributed by atoms with van der Waals surface area (Å²) in [4.78, 5) is 2.41. The Morgan fingerprint density at radius 3 is 2.49 bits per heavy atom. The minimum absolute atomic E-state index is 0.0147. The topological polar surface area (TPSA) is 45.8 Å². The second-order valence-electron chi connectivity index (χ2n) is 8.95. The van der Waals surface area contributed by atoms with Crippen LogP contribution in [0.25, 0.3) is 0 Å². The van der Waals surface area contributed by atoms with E-state index in [0.717, 1.165) is 30.0 Å². The van der Waals surface area contributed by atoms with Crippen LogP contribution in [-0.4, -0.2) is 36.8 Å². The summed E-state index contributed by atoms with van der Waals surface area (Å²) < 4.78 is 24.7. The first-order valence-corrected chi connectivity index (χ1v) is 12.2. The van der Waals surface area contributed by atoms with Gasteiger partial charge >= 0.3 is 0 Å². The molecule has 3 aromatic carbocycles. The summed E-state index contributed by atoms with van der Waals surface area (Å²) in [5.41, 5.74) is 5.59. The molecule has 1 aliphatic heterocycles. The molecular weight excluding hydrogens is 461 g/mol. The van der Waals surface area contributed by atoms with E-state index in [4.69, 9.17) is 21.7 Å². The van der Waals surface area contributed by atoms with Crippen molar-refractivity contribution in [2.75, 3.05) is 26.1 Å². The molecule has 0 unspecified atom stereocenters. The maximum absolute atomic E-state index is 13.5. The van der Waals surface area contributed by atoms with E-state index in [9.17, 15) is 4.39 Å². The van der Waals surface area contributed by atoms with Crippen LogP contribution in [0.5, 0.6) is 11.5 Å². The molecule has 2 atom stereocenters. The molecule has 0 aliphatic carbocycles. The number of nitrogens with zero attached hydrogens (tertiary/aromatic N) is 1. The fourth-order valence-electron chi connectivity index (χ4n) is 4.79. The fraction of sp³-hybridized carbons (Fsp3) is 0.321. The minimum atomic E-state index is -0.228. The van der Waals surface area contributed by atoms with E-state index in [1.807, 2.05) is 24.3 Å². The average Bonchev–Trinajstić information content (AvgIpc) is 2.84. The van der Waals surface area contributed by atoms with E-state index >= 15 is 0 Å². The lowest BCUT2D eigenvalue weighted by Gasteiger charge is -2.41. The van der Waals surface area contributed by atoms with Gasteiger partial charge in [0.05, 0.1) is 20.3 Å². The van der Waals surface area contributed by atoms with Crippen molar-refractivity contribution >= 4 is 23.0 Å². The Morgan fingerprint density at radius 2 is 1.80 bits per heavy atom. The number of methoxy groups -OCH3 is 2. The number of halogens is 1. The van der Waals surface area contributed by atoms with E-state index in [1.54, 1.807) is 14.2 Å². The summed E-state index contributed by atoms with van der Waals surface area (Å²) >= 11 is 5.67. The van der Waals surface area contributed by atoms with E-state index in [-0.39, 0.29) is 17.9 Å². The van der Waals surface area contributed by atoms with Crippen LogP contribution >= 0.6 is 12.2 Å². The van der Waals surface area contributed by atoms with Crippen LogP contribution in [0.2, 0.25) is 0 Å². The van der Waals surface area contributed by atoms with Crippen molar-refractivity contribution in [3.8, 4) is 11.5 Å². The molecule has 1 aliphatic rings. The van der Waals surface area contributed by atoms with Crippen molar-refractivity contribution in [1.29, 1.82) is 0 Å². The molecule has 1 heterocycles. The van der Waals surface area contributed by atoms with Crippen LogP contribution in [0.3, 0.4) is 0 Å². The van der Waals surface area contributed by atoms with E-state index in [1.165, 1.54) is 28.8 Å². The number of hydrogen-bond donors (Lipinski definition) is 2. The third kappa shape index (κ3) is 5.92.